The van der Waals surface area contributed by atoms with Gasteiger partial charge in [-0.1, -0.05) is 0 Å². The van der Waals surface area contributed by atoms with Gasteiger partial charge >= 0.3 is 5.97 Å². The number of carbonyl (C=O) groups excluding carboxylic acids is 1. The van der Waals surface area contributed by atoms with E-state index in [9.17, 15) is 9.59 Å². The number of carboxylic acids is 1. The van der Waals surface area contributed by atoms with Crippen molar-refractivity contribution in [2.45, 2.75) is 26.9 Å². The molecule has 0 aliphatic carbocycles. The van der Waals surface area contributed by atoms with Gasteiger partial charge in [0.05, 0.1) is 22.9 Å². The zero-order chi connectivity index (χ0) is 16.3. The van der Waals surface area contributed by atoms with Crippen LogP contribution in [0.5, 0.6) is 5.75 Å². The number of rotatable bonds is 5. The lowest BCUT2D eigenvalue weighted by Crippen LogP contribution is -2.15. The summed E-state index contributed by atoms with van der Waals surface area (Å²) in [5.74, 6) is -0.958. The molecule has 2 aromatic rings. The van der Waals surface area contributed by atoms with Gasteiger partial charge in [0.25, 0.3) is 5.91 Å². The second-order valence-electron chi connectivity index (χ2n) is 5.19. The predicted octanol–water partition coefficient (Wildman–Crippen LogP) is 3.06. The maximum absolute atomic E-state index is 12.3. The number of carbonyl (C=O) groups is 2. The number of amides is 1. The summed E-state index contributed by atoms with van der Waals surface area (Å²) < 4.78 is 5.61. The van der Waals surface area contributed by atoms with Crippen LogP contribution in [0.25, 0.3) is 0 Å². The number of H-pyrrole nitrogens is 1. The molecule has 3 N–H and O–H groups in total. The van der Waals surface area contributed by atoms with Crippen LogP contribution < -0.4 is 10.1 Å². The number of aryl methyl sites for hydroxylation is 1. The molecule has 0 atom stereocenters. The molecule has 0 unspecified atom stereocenters. The molecule has 0 radical (unpaired) electrons. The van der Waals surface area contributed by atoms with Crippen LogP contribution in [0.3, 0.4) is 0 Å². The van der Waals surface area contributed by atoms with Crippen molar-refractivity contribution in [2.24, 2.45) is 0 Å². The Labute approximate surface area is 128 Å². The Morgan fingerprint density at radius 3 is 2.55 bits per heavy atom. The van der Waals surface area contributed by atoms with E-state index in [-0.39, 0.29) is 17.6 Å². The summed E-state index contributed by atoms with van der Waals surface area (Å²) in [7, 11) is 0. The molecule has 0 bridgehead atoms. The molecule has 0 aliphatic rings. The minimum Gasteiger partial charge on any atom is -0.489 e. The van der Waals surface area contributed by atoms with Crippen LogP contribution in [-0.4, -0.2) is 28.1 Å². The Kier molecular flexibility index (Phi) is 4.50. The highest BCUT2D eigenvalue weighted by molar-refractivity contribution is 6.06. The number of ether oxygens (including phenoxy) is 1. The Hall–Kier alpha value is -2.76. The highest BCUT2D eigenvalue weighted by atomic mass is 16.5. The summed E-state index contributed by atoms with van der Waals surface area (Å²) in [6.45, 7) is 5.52. The van der Waals surface area contributed by atoms with Crippen molar-refractivity contribution in [3.63, 3.8) is 0 Å². The van der Waals surface area contributed by atoms with Crippen molar-refractivity contribution < 1.29 is 19.4 Å². The van der Waals surface area contributed by atoms with Gasteiger partial charge < -0.3 is 20.1 Å². The smallest absolute Gasteiger partial charge is 0.335 e. The van der Waals surface area contributed by atoms with Crippen LogP contribution in [0.2, 0.25) is 0 Å². The first kappa shape index (κ1) is 15.6. The lowest BCUT2D eigenvalue weighted by molar-refractivity contribution is 0.0696. The highest BCUT2D eigenvalue weighted by Crippen LogP contribution is 2.27. The van der Waals surface area contributed by atoms with Crippen molar-refractivity contribution in [1.29, 1.82) is 0 Å². The second kappa shape index (κ2) is 6.34. The molecule has 1 aromatic carbocycles. The minimum absolute atomic E-state index is 0.0807. The number of carboxylic acid groups (broad SMARTS) is 1. The van der Waals surface area contributed by atoms with Crippen LogP contribution >= 0.6 is 0 Å². The van der Waals surface area contributed by atoms with E-state index >= 15 is 0 Å². The van der Waals surface area contributed by atoms with Gasteiger partial charge in [-0.05, 0) is 44.5 Å². The first-order valence-electron chi connectivity index (χ1n) is 6.87. The summed E-state index contributed by atoms with van der Waals surface area (Å²) in [4.78, 5) is 26.2. The molecule has 0 saturated carbocycles. The van der Waals surface area contributed by atoms with Crippen LogP contribution in [0.15, 0.2) is 30.6 Å². The van der Waals surface area contributed by atoms with Crippen molar-refractivity contribution in [3.8, 4) is 5.75 Å². The first-order valence-corrected chi connectivity index (χ1v) is 6.87. The minimum atomic E-state index is -1.07. The van der Waals surface area contributed by atoms with Gasteiger partial charge in [-0.3, -0.25) is 4.79 Å². The topological polar surface area (TPSA) is 91.4 Å². The molecule has 1 aromatic heterocycles. The fourth-order valence-electron chi connectivity index (χ4n) is 1.99. The third kappa shape index (κ3) is 3.46. The number of nitrogens with one attached hydrogen (secondary N) is 2. The van der Waals surface area contributed by atoms with E-state index in [0.717, 1.165) is 5.56 Å². The molecule has 1 heterocycles. The fraction of sp³-hybridized carbons (Fsp3) is 0.250. The third-order valence-corrected chi connectivity index (χ3v) is 3.03. The monoisotopic (exact) mass is 302 g/mol. The second-order valence-corrected chi connectivity index (χ2v) is 5.19. The average Bonchev–Trinajstić information content (AvgIpc) is 2.86. The van der Waals surface area contributed by atoms with Crippen molar-refractivity contribution in [2.75, 3.05) is 5.32 Å². The molecule has 0 saturated heterocycles. The van der Waals surface area contributed by atoms with Gasteiger partial charge in [0.15, 0.2) is 0 Å². The largest absolute Gasteiger partial charge is 0.489 e. The molecular weight excluding hydrogens is 284 g/mol. The van der Waals surface area contributed by atoms with E-state index in [2.05, 4.69) is 10.3 Å². The lowest BCUT2D eigenvalue weighted by atomic mass is 10.1. The zero-order valence-corrected chi connectivity index (χ0v) is 12.6. The van der Waals surface area contributed by atoms with Gasteiger partial charge in [-0.2, -0.15) is 0 Å². The van der Waals surface area contributed by atoms with Gasteiger partial charge in [-0.25, -0.2) is 4.79 Å². The Bertz CT molecular complexity index is 704. The quantitative estimate of drug-likeness (QED) is 0.791. The summed E-state index contributed by atoms with van der Waals surface area (Å²) in [5.41, 5.74) is 1.71. The molecule has 116 valence electrons. The number of hydrogen-bond donors (Lipinski definition) is 3. The van der Waals surface area contributed by atoms with Crippen molar-refractivity contribution in [1.82, 2.24) is 4.98 Å². The number of anilines is 1. The highest BCUT2D eigenvalue weighted by Gasteiger charge is 2.15. The maximum Gasteiger partial charge on any atom is 0.335 e. The Balaban J connectivity index is 2.34. The van der Waals surface area contributed by atoms with Gasteiger partial charge in [-0.15, -0.1) is 0 Å². The van der Waals surface area contributed by atoms with E-state index in [1.165, 1.54) is 12.1 Å². The van der Waals surface area contributed by atoms with Gasteiger partial charge in [0.2, 0.25) is 0 Å². The normalized spacial score (nSPS) is 10.5. The Morgan fingerprint density at radius 1 is 1.27 bits per heavy atom. The average molecular weight is 302 g/mol. The summed E-state index contributed by atoms with van der Waals surface area (Å²) >= 11 is 0. The number of aromatic carboxylic acids is 1. The SMILES string of the molecule is Cc1c[nH]cc1C(=O)Nc1cc(C(=O)O)ccc1OC(C)C. The number of hydrogen-bond acceptors (Lipinski definition) is 3. The van der Waals surface area contributed by atoms with E-state index < -0.39 is 5.97 Å². The molecule has 22 heavy (non-hydrogen) atoms. The van der Waals surface area contributed by atoms with Crippen LogP contribution in [-0.2, 0) is 0 Å². The summed E-state index contributed by atoms with van der Waals surface area (Å²) in [5, 5.41) is 11.8. The van der Waals surface area contributed by atoms with Crippen LogP contribution in [0.1, 0.15) is 40.1 Å². The van der Waals surface area contributed by atoms with E-state index in [0.29, 0.717) is 17.0 Å². The van der Waals surface area contributed by atoms with Gasteiger partial charge in [0, 0.05) is 12.4 Å². The predicted molar refractivity (Wildman–Crippen MR) is 82.6 cm³/mol. The number of benzene rings is 1. The molecule has 0 fully saturated rings. The van der Waals surface area contributed by atoms with Gasteiger partial charge in [0.1, 0.15) is 5.75 Å². The van der Waals surface area contributed by atoms with Crippen LogP contribution in [0, 0.1) is 6.92 Å². The van der Waals surface area contributed by atoms with E-state index in [1.54, 1.807) is 18.5 Å². The Morgan fingerprint density at radius 2 is 2.00 bits per heavy atom. The number of aromatic amines is 1. The van der Waals surface area contributed by atoms with E-state index in [4.69, 9.17) is 9.84 Å². The van der Waals surface area contributed by atoms with Crippen molar-refractivity contribution in [3.05, 3.63) is 47.3 Å². The van der Waals surface area contributed by atoms with E-state index in [1.807, 2.05) is 20.8 Å². The zero-order valence-electron chi connectivity index (χ0n) is 12.6. The maximum atomic E-state index is 12.3. The standard InChI is InChI=1S/C16H18N2O4/c1-9(2)22-14-5-4-11(16(20)21)6-13(14)18-15(19)12-8-17-7-10(12)3/h4-9,17H,1-3H3,(H,18,19)(H,20,21). The fourth-order valence-corrected chi connectivity index (χ4v) is 1.99. The first-order chi connectivity index (χ1) is 10.4. The number of aromatic nitrogens is 1. The molecular formula is C16H18N2O4. The lowest BCUT2D eigenvalue weighted by Gasteiger charge is -2.15. The molecule has 1 amide bonds. The molecule has 0 spiro atoms. The molecule has 6 nitrogen and oxygen atoms in total. The molecule has 2 rings (SSSR count). The summed E-state index contributed by atoms with van der Waals surface area (Å²) in [6.07, 6.45) is 3.21. The third-order valence-electron chi connectivity index (χ3n) is 3.03. The summed E-state index contributed by atoms with van der Waals surface area (Å²) in [6, 6.07) is 4.38. The van der Waals surface area contributed by atoms with Crippen LogP contribution in [0.4, 0.5) is 5.69 Å². The molecule has 6 heteroatoms. The molecule has 0 aliphatic heterocycles. The van der Waals surface area contributed by atoms with Crippen molar-refractivity contribution >= 4 is 17.6 Å².